The standard InChI is InChI=1S/C7H13N5/c8-7-5-10-12(11-7)6-1-3-9-4-2-6/h5-6,9H,1-4H2,(H2,8,11). The maximum absolute atomic E-state index is 5.48. The predicted molar refractivity (Wildman–Crippen MR) is 45.6 cm³/mol. The van der Waals surface area contributed by atoms with Crippen LogP contribution < -0.4 is 11.1 Å². The molecular formula is C7H13N5. The molecule has 1 aliphatic heterocycles. The van der Waals surface area contributed by atoms with Crippen LogP contribution in [-0.2, 0) is 0 Å². The third-order valence-corrected chi connectivity index (χ3v) is 2.16. The molecule has 5 nitrogen and oxygen atoms in total. The Balaban J connectivity index is 2.08. The molecule has 1 aromatic rings. The van der Waals surface area contributed by atoms with E-state index in [1.165, 1.54) is 0 Å². The molecule has 1 saturated heterocycles. The molecule has 0 amide bonds. The number of piperidine rings is 1. The van der Waals surface area contributed by atoms with Crippen LogP contribution in [0.4, 0.5) is 5.82 Å². The summed E-state index contributed by atoms with van der Waals surface area (Å²) in [6.07, 6.45) is 3.78. The molecule has 2 heterocycles. The number of nitrogens with zero attached hydrogens (tertiary/aromatic N) is 3. The van der Waals surface area contributed by atoms with Gasteiger partial charge in [-0.3, -0.25) is 0 Å². The van der Waals surface area contributed by atoms with Crippen molar-refractivity contribution in [3.63, 3.8) is 0 Å². The molecule has 0 spiro atoms. The minimum atomic E-state index is 0.434. The molecule has 1 aliphatic rings. The van der Waals surface area contributed by atoms with Gasteiger partial charge in [0.05, 0.1) is 12.2 Å². The maximum atomic E-state index is 5.48. The third kappa shape index (κ3) is 1.40. The van der Waals surface area contributed by atoms with Crippen LogP contribution in [0.1, 0.15) is 18.9 Å². The summed E-state index contributed by atoms with van der Waals surface area (Å²) in [7, 11) is 0. The molecule has 0 unspecified atom stereocenters. The first-order valence-electron chi connectivity index (χ1n) is 4.24. The number of anilines is 1. The SMILES string of the molecule is Nc1cnn(C2CCNCC2)n1. The van der Waals surface area contributed by atoms with Crippen LogP contribution in [0.25, 0.3) is 0 Å². The van der Waals surface area contributed by atoms with Crippen molar-refractivity contribution in [2.45, 2.75) is 18.9 Å². The number of nitrogens with one attached hydrogen (secondary N) is 1. The Morgan fingerprint density at radius 1 is 1.50 bits per heavy atom. The Morgan fingerprint density at radius 2 is 2.25 bits per heavy atom. The zero-order valence-electron chi connectivity index (χ0n) is 6.90. The number of hydrogen-bond donors (Lipinski definition) is 2. The summed E-state index contributed by atoms with van der Waals surface area (Å²) in [4.78, 5) is 1.73. The van der Waals surface area contributed by atoms with E-state index in [1.807, 2.05) is 0 Å². The van der Waals surface area contributed by atoms with Gasteiger partial charge in [-0.05, 0) is 25.9 Å². The molecule has 0 atom stereocenters. The second-order valence-electron chi connectivity index (χ2n) is 3.07. The van der Waals surface area contributed by atoms with E-state index in [4.69, 9.17) is 5.73 Å². The number of aromatic nitrogens is 3. The summed E-state index contributed by atoms with van der Waals surface area (Å²) in [5.41, 5.74) is 5.48. The fourth-order valence-corrected chi connectivity index (χ4v) is 1.50. The zero-order valence-corrected chi connectivity index (χ0v) is 6.90. The van der Waals surface area contributed by atoms with Gasteiger partial charge in [0.15, 0.2) is 5.82 Å². The first-order valence-corrected chi connectivity index (χ1v) is 4.24. The molecule has 2 rings (SSSR count). The van der Waals surface area contributed by atoms with Crippen molar-refractivity contribution in [2.24, 2.45) is 0 Å². The van der Waals surface area contributed by atoms with E-state index in [9.17, 15) is 0 Å². The molecule has 5 heteroatoms. The van der Waals surface area contributed by atoms with Crippen molar-refractivity contribution in [3.05, 3.63) is 6.20 Å². The van der Waals surface area contributed by atoms with Crippen LogP contribution in [0.3, 0.4) is 0 Å². The zero-order chi connectivity index (χ0) is 8.39. The summed E-state index contributed by atoms with van der Waals surface area (Å²) in [5.74, 6) is 0.508. The van der Waals surface area contributed by atoms with E-state index in [0.717, 1.165) is 25.9 Å². The van der Waals surface area contributed by atoms with E-state index < -0.39 is 0 Å². The first-order chi connectivity index (χ1) is 5.86. The molecule has 0 bridgehead atoms. The average molecular weight is 167 g/mol. The van der Waals surface area contributed by atoms with Gasteiger partial charge in [-0.15, -0.1) is 5.10 Å². The van der Waals surface area contributed by atoms with Gasteiger partial charge >= 0.3 is 0 Å². The summed E-state index contributed by atoms with van der Waals surface area (Å²) in [5, 5.41) is 11.5. The quantitative estimate of drug-likeness (QED) is 0.607. The lowest BCUT2D eigenvalue weighted by molar-refractivity contribution is 0.314. The van der Waals surface area contributed by atoms with Crippen LogP contribution in [0.5, 0.6) is 0 Å². The monoisotopic (exact) mass is 167 g/mol. The normalized spacial score (nSPS) is 19.7. The van der Waals surface area contributed by atoms with E-state index in [1.54, 1.807) is 11.0 Å². The van der Waals surface area contributed by atoms with Crippen molar-refractivity contribution >= 4 is 5.82 Å². The van der Waals surface area contributed by atoms with Gasteiger partial charge in [-0.2, -0.15) is 9.90 Å². The average Bonchev–Trinajstić information content (AvgIpc) is 2.54. The van der Waals surface area contributed by atoms with Crippen molar-refractivity contribution in [3.8, 4) is 0 Å². The van der Waals surface area contributed by atoms with Crippen LogP contribution in [-0.4, -0.2) is 28.1 Å². The fourth-order valence-electron chi connectivity index (χ4n) is 1.50. The van der Waals surface area contributed by atoms with Crippen LogP contribution in [0, 0.1) is 0 Å². The third-order valence-electron chi connectivity index (χ3n) is 2.16. The topological polar surface area (TPSA) is 68.8 Å². The lowest BCUT2D eigenvalue weighted by Crippen LogP contribution is -2.30. The van der Waals surface area contributed by atoms with Crippen LogP contribution in [0.2, 0.25) is 0 Å². The Labute approximate surface area is 70.9 Å². The van der Waals surface area contributed by atoms with E-state index in [0.29, 0.717) is 11.9 Å². The molecule has 3 N–H and O–H groups in total. The lowest BCUT2D eigenvalue weighted by atomic mass is 10.1. The maximum Gasteiger partial charge on any atom is 0.165 e. The van der Waals surface area contributed by atoms with Crippen molar-refractivity contribution < 1.29 is 0 Å². The molecule has 0 aromatic carbocycles. The van der Waals surface area contributed by atoms with Gasteiger partial charge in [0.25, 0.3) is 0 Å². The predicted octanol–water partition coefficient (Wildman–Crippen LogP) is -0.215. The van der Waals surface area contributed by atoms with Crippen LogP contribution >= 0.6 is 0 Å². The molecule has 0 saturated carbocycles. The Bertz CT molecular complexity index is 250. The molecule has 1 fully saturated rings. The second-order valence-corrected chi connectivity index (χ2v) is 3.07. The van der Waals surface area contributed by atoms with E-state index >= 15 is 0 Å². The number of hydrogen-bond acceptors (Lipinski definition) is 4. The summed E-state index contributed by atoms with van der Waals surface area (Å²) >= 11 is 0. The summed E-state index contributed by atoms with van der Waals surface area (Å²) < 4.78 is 0. The summed E-state index contributed by atoms with van der Waals surface area (Å²) in [6.45, 7) is 2.10. The molecule has 12 heavy (non-hydrogen) atoms. The van der Waals surface area contributed by atoms with Crippen molar-refractivity contribution in [2.75, 3.05) is 18.8 Å². The van der Waals surface area contributed by atoms with Crippen LogP contribution in [0.15, 0.2) is 6.20 Å². The highest BCUT2D eigenvalue weighted by molar-refractivity contribution is 5.19. The lowest BCUT2D eigenvalue weighted by Gasteiger charge is -2.21. The van der Waals surface area contributed by atoms with E-state index in [2.05, 4.69) is 15.5 Å². The Kier molecular flexibility index (Phi) is 1.95. The van der Waals surface area contributed by atoms with E-state index in [-0.39, 0.29) is 0 Å². The highest BCUT2D eigenvalue weighted by Gasteiger charge is 2.16. The molecule has 1 aromatic heterocycles. The van der Waals surface area contributed by atoms with Gasteiger partial charge in [0.1, 0.15) is 0 Å². The van der Waals surface area contributed by atoms with Gasteiger partial charge in [-0.25, -0.2) is 0 Å². The number of nitrogen functional groups attached to an aromatic ring is 1. The van der Waals surface area contributed by atoms with Gasteiger partial charge < -0.3 is 11.1 Å². The number of rotatable bonds is 1. The summed E-state index contributed by atoms with van der Waals surface area (Å²) in [6, 6.07) is 0.434. The molecule has 66 valence electrons. The van der Waals surface area contributed by atoms with Gasteiger partial charge in [0, 0.05) is 0 Å². The molecular weight excluding hydrogens is 154 g/mol. The second kappa shape index (κ2) is 3.10. The highest BCUT2D eigenvalue weighted by atomic mass is 15.5. The van der Waals surface area contributed by atoms with Crippen molar-refractivity contribution in [1.29, 1.82) is 0 Å². The molecule has 0 radical (unpaired) electrons. The largest absolute Gasteiger partial charge is 0.381 e. The smallest absolute Gasteiger partial charge is 0.165 e. The highest BCUT2D eigenvalue weighted by Crippen LogP contribution is 2.15. The number of nitrogens with two attached hydrogens (primary N) is 1. The van der Waals surface area contributed by atoms with Crippen molar-refractivity contribution in [1.82, 2.24) is 20.3 Å². The minimum absolute atomic E-state index is 0.434. The van der Waals surface area contributed by atoms with Gasteiger partial charge in [-0.1, -0.05) is 0 Å². The fraction of sp³-hybridized carbons (Fsp3) is 0.714. The van der Waals surface area contributed by atoms with Gasteiger partial charge in [0.2, 0.25) is 0 Å². The Hall–Kier alpha value is -1.10. The molecule has 0 aliphatic carbocycles. The minimum Gasteiger partial charge on any atom is -0.381 e. The first kappa shape index (κ1) is 7.54. The Morgan fingerprint density at radius 3 is 2.83 bits per heavy atom.